The smallest absolute Gasteiger partial charge is 0.0643 e. The van der Waals surface area contributed by atoms with E-state index in [1.165, 1.54) is 32.2 Å². The molecule has 8 heteroatoms. The van der Waals surface area contributed by atoms with Crippen molar-refractivity contribution < 1.29 is 24.5 Å². The van der Waals surface area contributed by atoms with Gasteiger partial charge in [-0.1, -0.05) is 36.0 Å². The SMILES string of the molecule is CN(C)CC/C=C1/c2ccccc2Sc2ccc(N3CCOCC3)cc21.O=C([O-])/C=C\C(=O)[O-]. The van der Waals surface area contributed by atoms with Gasteiger partial charge in [0.25, 0.3) is 0 Å². The van der Waals surface area contributed by atoms with Crippen molar-refractivity contribution >= 4 is 35.0 Å². The quantitative estimate of drug-likeness (QED) is 0.489. The first-order chi connectivity index (χ1) is 16.3. The van der Waals surface area contributed by atoms with Crippen LogP contribution in [-0.2, 0) is 14.3 Å². The molecular formula is C26H28N2O5S-2. The normalized spacial score (nSPS) is 16.1. The number of nitrogens with zero attached hydrogens (tertiary/aromatic N) is 2. The van der Waals surface area contributed by atoms with Gasteiger partial charge in [0.05, 0.1) is 25.2 Å². The number of rotatable bonds is 6. The lowest BCUT2D eigenvalue weighted by Crippen LogP contribution is -2.36. The first-order valence-corrected chi connectivity index (χ1v) is 11.9. The number of carboxylic acids is 2. The Morgan fingerprint density at radius 2 is 1.65 bits per heavy atom. The lowest BCUT2D eigenvalue weighted by molar-refractivity contribution is -0.301. The average molecular weight is 481 g/mol. The number of aliphatic carboxylic acids is 2. The van der Waals surface area contributed by atoms with Gasteiger partial charge in [0, 0.05) is 35.1 Å². The molecule has 0 N–H and O–H groups in total. The Bertz CT molecular complexity index is 1060. The van der Waals surface area contributed by atoms with E-state index >= 15 is 0 Å². The molecule has 2 aliphatic heterocycles. The zero-order chi connectivity index (χ0) is 24.5. The van der Waals surface area contributed by atoms with E-state index in [9.17, 15) is 19.8 Å². The molecule has 2 aromatic rings. The Morgan fingerprint density at radius 3 is 2.29 bits per heavy atom. The molecule has 0 saturated carbocycles. The number of carbonyl (C=O) groups excluding carboxylic acids is 2. The third-order valence-electron chi connectivity index (χ3n) is 5.31. The zero-order valence-electron chi connectivity index (χ0n) is 19.4. The summed E-state index contributed by atoms with van der Waals surface area (Å²) in [6.07, 6.45) is 4.24. The van der Waals surface area contributed by atoms with E-state index in [4.69, 9.17) is 4.74 Å². The lowest BCUT2D eigenvalue weighted by Gasteiger charge is -2.30. The van der Waals surface area contributed by atoms with E-state index < -0.39 is 11.9 Å². The molecule has 0 radical (unpaired) electrons. The Morgan fingerprint density at radius 1 is 1.00 bits per heavy atom. The third-order valence-corrected chi connectivity index (χ3v) is 6.46. The number of anilines is 1. The summed E-state index contributed by atoms with van der Waals surface area (Å²) >= 11 is 1.89. The number of ether oxygens (including phenoxy) is 1. The maximum absolute atomic E-state index is 9.41. The fourth-order valence-electron chi connectivity index (χ4n) is 3.70. The van der Waals surface area contributed by atoms with Crippen molar-refractivity contribution in [1.82, 2.24) is 4.90 Å². The molecule has 0 aliphatic carbocycles. The maximum Gasteiger partial charge on any atom is 0.0643 e. The van der Waals surface area contributed by atoms with Crippen LogP contribution in [0.5, 0.6) is 0 Å². The van der Waals surface area contributed by atoms with Crippen molar-refractivity contribution in [3.8, 4) is 0 Å². The van der Waals surface area contributed by atoms with Crippen LogP contribution in [-0.4, -0.2) is 63.8 Å². The number of hydrogen-bond donors (Lipinski definition) is 0. The topological polar surface area (TPSA) is 96.0 Å². The number of fused-ring (bicyclic) bond motifs is 2. The van der Waals surface area contributed by atoms with E-state index in [0.29, 0.717) is 12.2 Å². The highest BCUT2D eigenvalue weighted by Crippen LogP contribution is 2.46. The van der Waals surface area contributed by atoms with Crippen molar-refractivity contribution in [2.45, 2.75) is 16.2 Å². The minimum atomic E-state index is -1.55. The fraction of sp³-hybridized carbons (Fsp3) is 0.308. The maximum atomic E-state index is 9.41. The molecule has 2 heterocycles. The molecule has 1 saturated heterocycles. The van der Waals surface area contributed by atoms with Crippen LogP contribution in [0.1, 0.15) is 17.5 Å². The van der Waals surface area contributed by atoms with Crippen LogP contribution in [0.2, 0.25) is 0 Å². The highest BCUT2D eigenvalue weighted by atomic mass is 32.2. The van der Waals surface area contributed by atoms with Gasteiger partial charge in [-0.2, -0.15) is 0 Å². The van der Waals surface area contributed by atoms with Crippen molar-refractivity contribution in [2.75, 3.05) is 51.8 Å². The molecule has 0 unspecified atom stereocenters. The molecule has 1 fully saturated rings. The standard InChI is InChI=1S/C22H26N2OS.C4H4O4/c1-23(2)11-5-7-18-19-6-3-4-8-21(19)26-22-10-9-17(16-20(18)22)24-12-14-25-15-13-24;5-3(6)1-2-4(7)8/h3-4,6-10,16H,5,11-15H2,1-2H3;1-2H,(H,5,6)(H,7,8)/p-2/b18-7-;2-1-. The lowest BCUT2D eigenvalue weighted by atomic mass is 9.95. The largest absolute Gasteiger partial charge is 0.545 e. The summed E-state index contributed by atoms with van der Waals surface area (Å²) in [6, 6.07) is 15.7. The summed E-state index contributed by atoms with van der Waals surface area (Å²) in [7, 11) is 4.27. The Balaban J connectivity index is 0.000000350. The van der Waals surface area contributed by atoms with E-state index in [2.05, 4.69) is 72.4 Å². The molecule has 2 aliphatic rings. The summed E-state index contributed by atoms with van der Waals surface area (Å²) in [5.41, 5.74) is 5.43. The number of benzene rings is 2. The molecule has 4 rings (SSSR count). The van der Waals surface area contributed by atoms with Gasteiger partial charge >= 0.3 is 0 Å². The van der Waals surface area contributed by atoms with Crippen LogP contribution in [0.15, 0.2) is 70.5 Å². The summed E-state index contributed by atoms with van der Waals surface area (Å²) in [6.45, 7) is 4.65. The summed E-state index contributed by atoms with van der Waals surface area (Å²) in [4.78, 5) is 26.2. The molecular weight excluding hydrogens is 452 g/mol. The highest BCUT2D eigenvalue weighted by Gasteiger charge is 2.22. The van der Waals surface area contributed by atoms with Gasteiger partial charge < -0.3 is 34.3 Å². The van der Waals surface area contributed by atoms with Crippen LogP contribution < -0.4 is 15.1 Å². The minimum absolute atomic E-state index is 0.384. The van der Waals surface area contributed by atoms with Crippen LogP contribution in [0.4, 0.5) is 5.69 Å². The predicted octanol–water partition coefficient (Wildman–Crippen LogP) is 1.41. The summed E-state index contributed by atoms with van der Waals surface area (Å²) in [5, 5.41) is 18.8. The first kappa shape index (κ1) is 25.6. The van der Waals surface area contributed by atoms with E-state index in [1.807, 2.05) is 11.8 Å². The van der Waals surface area contributed by atoms with Gasteiger partial charge in [0.1, 0.15) is 0 Å². The fourth-order valence-corrected chi connectivity index (χ4v) is 4.79. The molecule has 0 spiro atoms. The Labute approximate surface area is 204 Å². The summed E-state index contributed by atoms with van der Waals surface area (Å²) in [5.74, 6) is -3.09. The molecule has 2 aromatic carbocycles. The molecule has 0 amide bonds. The number of carbonyl (C=O) groups is 2. The van der Waals surface area contributed by atoms with Crippen LogP contribution in [0.3, 0.4) is 0 Å². The Hall–Kier alpha value is -3.07. The molecule has 0 atom stereocenters. The van der Waals surface area contributed by atoms with Crippen molar-refractivity contribution in [3.05, 3.63) is 71.8 Å². The molecule has 34 heavy (non-hydrogen) atoms. The molecule has 7 nitrogen and oxygen atoms in total. The van der Waals surface area contributed by atoms with Gasteiger partial charge in [0.15, 0.2) is 0 Å². The van der Waals surface area contributed by atoms with Crippen LogP contribution in [0, 0.1) is 0 Å². The third kappa shape index (κ3) is 7.21. The molecule has 0 aromatic heterocycles. The van der Waals surface area contributed by atoms with Gasteiger partial charge in [-0.3, -0.25) is 0 Å². The highest BCUT2D eigenvalue weighted by molar-refractivity contribution is 7.99. The average Bonchev–Trinajstić information content (AvgIpc) is 2.83. The number of carboxylic acid groups (broad SMARTS) is 2. The Kier molecular flexibility index (Phi) is 9.33. The molecule has 180 valence electrons. The number of hydrogen-bond acceptors (Lipinski definition) is 8. The minimum Gasteiger partial charge on any atom is -0.545 e. The van der Waals surface area contributed by atoms with Crippen molar-refractivity contribution in [3.63, 3.8) is 0 Å². The van der Waals surface area contributed by atoms with Gasteiger partial charge in [0.2, 0.25) is 0 Å². The van der Waals surface area contributed by atoms with Gasteiger partial charge in [-0.05, 0) is 73.6 Å². The van der Waals surface area contributed by atoms with Gasteiger partial charge in [-0.15, -0.1) is 0 Å². The van der Waals surface area contributed by atoms with E-state index in [1.54, 1.807) is 0 Å². The van der Waals surface area contributed by atoms with Crippen LogP contribution >= 0.6 is 11.8 Å². The summed E-state index contributed by atoms with van der Waals surface area (Å²) < 4.78 is 5.52. The van der Waals surface area contributed by atoms with E-state index in [-0.39, 0.29) is 0 Å². The molecule has 0 bridgehead atoms. The van der Waals surface area contributed by atoms with Crippen molar-refractivity contribution in [1.29, 1.82) is 0 Å². The van der Waals surface area contributed by atoms with Gasteiger partial charge in [-0.25, -0.2) is 0 Å². The van der Waals surface area contributed by atoms with E-state index in [0.717, 1.165) is 39.3 Å². The monoisotopic (exact) mass is 480 g/mol. The zero-order valence-corrected chi connectivity index (χ0v) is 20.2. The second kappa shape index (κ2) is 12.4. The predicted molar refractivity (Wildman–Crippen MR) is 129 cm³/mol. The second-order valence-corrected chi connectivity index (χ2v) is 9.14. The van der Waals surface area contributed by atoms with Crippen LogP contribution in [0.25, 0.3) is 5.57 Å². The number of morpholine rings is 1. The second-order valence-electron chi connectivity index (χ2n) is 8.06. The first-order valence-electron chi connectivity index (χ1n) is 11.0. The van der Waals surface area contributed by atoms with Crippen molar-refractivity contribution in [2.24, 2.45) is 0 Å².